The third-order valence-corrected chi connectivity index (χ3v) is 4.26. The van der Waals surface area contributed by atoms with Gasteiger partial charge in [-0.3, -0.25) is 9.78 Å². The molecular formula is C17H18ClN3O2. The fourth-order valence-corrected chi connectivity index (χ4v) is 2.74. The Hall–Kier alpha value is -1.95. The van der Waals surface area contributed by atoms with Gasteiger partial charge in [-0.05, 0) is 23.8 Å². The number of aliphatic hydroxyl groups excluding tert-OH is 1. The van der Waals surface area contributed by atoms with Crippen molar-refractivity contribution in [3.63, 3.8) is 0 Å². The number of aliphatic hydroxyl groups is 1. The van der Waals surface area contributed by atoms with Crippen LogP contribution in [-0.2, 0) is 0 Å². The summed E-state index contributed by atoms with van der Waals surface area (Å²) in [6.07, 6.45) is 2.84. The number of nitrogens with zero attached hydrogens (tertiary/aromatic N) is 1. The normalized spacial score (nSPS) is 20.4. The highest BCUT2D eigenvalue weighted by Crippen LogP contribution is 2.21. The Morgan fingerprint density at radius 2 is 2.04 bits per heavy atom. The van der Waals surface area contributed by atoms with Gasteiger partial charge in [-0.1, -0.05) is 23.7 Å². The van der Waals surface area contributed by atoms with Gasteiger partial charge in [0.05, 0.1) is 11.7 Å². The molecule has 23 heavy (non-hydrogen) atoms. The van der Waals surface area contributed by atoms with Crippen molar-refractivity contribution >= 4 is 17.5 Å². The second-order valence-electron chi connectivity index (χ2n) is 5.66. The Balaban J connectivity index is 1.69. The summed E-state index contributed by atoms with van der Waals surface area (Å²) in [6.45, 7) is 1.73. The number of hydrogen-bond acceptors (Lipinski definition) is 4. The molecule has 0 bridgehead atoms. The number of benzene rings is 1. The van der Waals surface area contributed by atoms with E-state index in [1.165, 1.54) is 6.20 Å². The number of halogens is 1. The monoisotopic (exact) mass is 331 g/mol. The molecule has 0 aliphatic carbocycles. The molecule has 0 saturated carbocycles. The van der Waals surface area contributed by atoms with Crippen molar-refractivity contribution in [2.75, 3.05) is 19.6 Å². The summed E-state index contributed by atoms with van der Waals surface area (Å²) in [7, 11) is 0. The molecule has 1 saturated heterocycles. The zero-order valence-electron chi connectivity index (χ0n) is 12.5. The lowest BCUT2D eigenvalue weighted by Crippen LogP contribution is -2.34. The van der Waals surface area contributed by atoms with Crippen LogP contribution < -0.4 is 10.6 Å². The van der Waals surface area contributed by atoms with E-state index < -0.39 is 6.10 Å². The third kappa shape index (κ3) is 3.88. The average Bonchev–Trinajstić information content (AvgIpc) is 2.98. The van der Waals surface area contributed by atoms with E-state index in [1.54, 1.807) is 24.4 Å². The van der Waals surface area contributed by atoms with Gasteiger partial charge >= 0.3 is 0 Å². The molecule has 1 aliphatic heterocycles. The number of rotatable bonds is 4. The topological polar surface area (TPSA) is 74.2 Å². The second kappa shape index (κ2) is 7.08. The van der Waals surface area contributed by atoms with E-state index in [4.69, 9.17) is 11.6 Å². The number of aromatic nitrogens is 1. The van der Waals surface area contributed by atoms with Crippen LogP contribution in [0.5, 0.6) is 0 Å². The molecule has 3 rings (SSSR count). The minimum atomic E-state index is -0.408. The van der Waals surface area contributed by atoms with Crippen LogP contribution in [-0.4, -0.2) is 41.7 Å². The first-order valence-electron chi connectivity index (χ1n) is 7.51. The SMILES string of the molecule is O=C(NCC1CNCC1O)c1cncc(-c2ccc(Cl)cc2)c1. The lowest BCUT2D eigenvalue weighted by atomic mass is 10.0. The molecule has 5 nitrogen and oxygen atoms in total. The molecule has 2 atom stereocenters. The van der Waals surface area contributed by atoms with Crippen LogP contribution in [0, 0.1) is 5.92 Å². The first-order chi connectivity index (χ1) is 11.1. The maximum Gasteiger partial charge on any atom is 0.252 e. The molecule has 1 aromatic heterocycles. The molecule has 2 unspecified atom stereocenters. The molecule has 120 valence electrons. The number of hydrogen-bond donors (Lipinski definition) is 3. The van der Waals surface area contributed by atoms with Gasteiger partial charge in [0.25, 0.3) is 5.91 Å². The molecule has 3 N–H and O–H groups in total. The molecule has 0 spiro atoms. The summed E-state index contributed by atoms with van der Waals surface area (Å²) in [5, 5.41) is 16.4. The van der Waals surface area contributed by atoms with E-state index in [0.29, 0.717) is 30.2 Å². The Bertz CT molecular complexity index is 690. The summed E-state index contributed by atoms with van der Waals surface area (Å²) in [5.41, 5.74) is 2.31. The van der Waals surface area contributed by atoms with E-state index in [2.05, 4.69) is 15.6 Å². The van der Waals surface area contributed by atoms with E-state index in [0.717, 1.165) is 11.1 Å². The number of nitrogens with one attached hydrogen (secondary N) is 2. The van der Waals surface area contributed by atoms with E-state index in [-0.39, 0.29) is 11.8 Å². The predicted octanol–water partition coefficient (Wildman–Crippen LogP) is 1.71. The van der Waals surface area contributed by atoms with E-state index in [9.17, 15) is 9.90 Å². The minimum absolute atomic E-state index is 0.0476. The van der Waals surface area contributed by atoms with Crippen LogP contribution in [0.2, 0.25) is 5.02 Å². The minimum Gasteiger partial charge on any atom is -0.391 e. The summed E-state index contributed by atoms with van der Waals surface area (Å²) in [5.74, 6) is -0.140. The van der Waals surface area contributed by atoms with E-state index >= 15 is 0 Å². The maximum absolute atomic E-state index is 12.3. The largest absolute Gasteiger partial charge is 0.391 e. The average molecular weight is 332 g/mol. The maximum atomic E-state index is 12.3. The van der Waals surface area contributed by atoms with Gasteiger partial charge in [-0.25, -0.2) is 0 Å². The lowest BCUT2D eigenvalue weighted by Gasteiger charge is -2.14. The van der Waals surface area contributed by atoms with Crippen LogP contribution in [0.3, 0.4) is 0 Å². The van der Waals surface area contributed by atoms with Crippen LogP contribution in [0.4, 0.5) is 0 Å². The Morgan fingerprint density at radius 1 is 1.26 bits per heavy atom. The van der Waals surface area contributed by atoms with Crippen molar-refractivity contribution in [2.24, 2.45) is 5.92 Å². The van der Waals surface area contributed by atoms with Crippen molar-refractivity contribution in [2.45, 2.75) is 6.10 Å². The number of carbonyl (C=O) groups is 1. The van der Waals surface area contributed by atoms with Crippen molar-refractivity contribution in [3.8, 4) is 11.1 Å². The standard InChI is InChI=1S/C17H18ClN3O2/c18-15-3-1-11(2-4-15)12-5-13(7-19-6-12)17(23)21-9-14-8-20-10-16(14)22/h1-7,14,16,20,22H,8-10H2,(H,21,23). The van der Waals surface area contributed by atoms with Crippen LogP contribution >= 0.6 is 11.6 Å². The van der Waals surface area contributed by atoms with Gasteiger partial charge in [-0.15, -0.1) is 0 Å². The molecular weight excluding hydrogens is 314 g/mol. The third-order valence-electron chi connectivity index (χ3n) is 4.01. The van der Waals surface area contributed by atoms with Crippen LogP contribution in [0.25, 0.3) is 11.1 Å². The highest BCUT2D eigenvalue weighted by molar-refractivity contribution is 6.30. The van der Waals surface area contributed by atoms with E-state index in [1.807, 2.05) is 12.1 Å². The van der Waals surface area contributed by atoms with Crippen LogP contribution in [0.15, 0.2) is 42.7 Å². The summed E-state index contributed by atoms with van der Waals surface area (Å²) >= 11 is 5.89. The summed E-state index contributed by atoms with van der Waals surface area (Å²) in [4.78, 5) is 16.4. The number of carbonyl (C=O) groups excluding carboxylic acids is 1. The number of pyridine rings is 1. The zero-order valence-corrected chi connectivity index (χ0v) is 13.3. The fourth-order valence-electron chi connectivity index (χ4n) is 2.62. The molecule has 6 heteroatoms. The lowest BCUT2D eigenvalue weighted by molar-refractivity contribution is 0.0926. The quantitative estimate of drug-likeness (QED) is 0.797. The first-order valence-corrected chi connectivity index (χ1v) is 7.89. The van der Waals surface area contributed by atoms with Gasteiger partial charge in [0.1, 0.15) is 0 Å². The van der Waals surface area contributed by atoms with Crippen molar-refractivity contribution in [1.29, 1.82) is 0 Å². The molecule has 1 fully saturated rings. The Labute approximate surface area is 139 Å². The van der Waals surface area contributed by atoms with Gasteiger partial charge in [-0.2, -0.15) is 0 Å². The molecule has 1 aromatic carbocycles. The first kappa shape index (κ1) is 15.9. The van der Waals surface area contributed by atoms with Gasteiger partial charge in [0.15, 0.2) is 0 Å². The molecule has 1 amide bonds. The number of amides is 1. The fraction of sp³-hybridized carbons (Fsp3) is 0.294. The molecule has 2 aromatic rings. The van der Waals surface area contributed by atoms with Gasteiger partial charge in [0, 0.05) is 48.5 Å². The predicted molar refractivity (Wildman–Crippen MR) is 89.4 cm³/mol. The summed E-state index contributed by atoms with van der Waals surface area (Å²) in [6, 6.07) is 9.19. The summed E-state index contributed by atoms with van der Waals surface area (Å²) < 4.78 is 0. The smallest absolute Gasteiger partial charge is 0.252 e. The molecule has 0 radical (unpaired) electrons. The second-order valence-corrected chi connectivity index (χ2v) is 6.10. The zero-order chi connectivity index (χ0) is 16.2. The van der Waals surface area contributed by atoms with Crippen molar-refractivity contribution in [3.05, 3.63) is 53.3 Å². The Morgan fingerprint density at radius 3 is 2.74 bits per heavy atom. The van der Waals surface area contributed by atoms with Gasteiger partial charge in [0.2, 0.25) is 0 Å². The Kier molecular flexibility index (Phi) is 4.91. The van der Waals surface area contributed by atoms with Crippen molar-refractivity contribution < 1.29 is 9.90 Å². The van der Waals surface area contributed by atoms with Crippen LogP contribution in [0.1, 0.15) is 10.4 Å². The van der Waals surface area contributed by atoms with Gasteiger partial charge < -0.3 is 15.7 Å². The highest BCUT2D eigenvalue weighted by atomic mass is 35.5. The molecule has 1 aliphatic rings. The molecule has 2 heterocycles. The number of β-amino-alcohol motifs (C(OH)–C–C–N with tert-alkyl or cyclic N) is 1. The van der Waals surface area contributed by atoms with Crippen molar-refractivity contribution in [1.82, 2.24) is 15.6 Å². The highest BCUT2D eigenvalue weighted by Gasteiger charge is 2.25.